The SMILES string of the molecule is CCCC1(C)NC(=O)c2cc(Br)cc(Br)c2N1. The van der Waals surface area contributed by atoms with Crippen molar-refractivity contribution in [2.24, 2.45) is 0 Å². The van der Waals surface area contributed by atoms with E-state index in [-0.39, 0.29) is 11.6 Å². The normalized spacial score (nSPS) is 22.7. The van der Waals surface area contributed by atoms with Gasteiger partial charge in [0.1, 0.15) is 5.66 Å². The molecule has 1 atom stereocenters. The van der Waals surface area contributed by atoms with Crippen molar-refractivity contribution >= 4 is 43.5 Å². The van der Waals surface area contributed by atoms with Gasteiger partial charge in [0.15, 0.2) is 0 Å². The molecule has 0 radical (unpaired) electrons. The average molecular weight is 362 g/mol. The van der Waals surface area contributed by atoms with Crippen molar-refractivity contribution < 1.29 is 4.79 Å². The van der Waals surface area contributed by atoms with E-state index in [9.17, 15) is 4.79 Å². The lowest BCUT2D eigenvalue weighted by molar-refractivity contribution is 0.0903. The second kappa shape index (κ2) is 4.61. The number of nitrogens with one attached hydrogen (secondary N) is 2. The molecule has 0 saturated carbocycles. The molecule has 0 bridgehead atoms. The molecule has 1 aromatic rings. The van der Waals surface area contributed by atoms with E-state index in [0.717, 1.165) is 27.5 Å². The van der Waals surface area contributed by atoms with E-state index in [2.05, 4.69) is 49.4 Å². The second-order valence-corrected chi connectivity index (χ2v) is 6.24. The Kier molecular flexibility index (Phi) is 3.50. The quantitative estimate of drug-likeness (QED) is 0.839. The molecule has 0 saturated heterocycles. The second-order valence-electron chi connectivity index (χ2n) is 4.47. The van der Waals surface area contributed by atoms with E-state index < -0.39 is 0 Å². The maximum absolute atomic E-state index is 12.1. The molecule has 17 heavy (non-hydrogen) atoms. The number of halogens is 2. The molecule has 92 valence electrons. The summed E-state index contributed by atoms with van der Waals surface area (Å²) >= 11 is 6.88. The fourth-order valence-corrected chi connectivity index (χ4v) is 3.45. The molecule has 0 spiro atoms. The first-order valence-electron chi connectivity index (χ1n) is 5.55. The minimum Gasteiger partial charge on any atom is -0.361 e. The highest BCUT2D eigenvalue weighted by Gasteiger charge is 2.33. The fourth-order valence-electron chi connectivity index (χ4n) is 2.13. The summed E-state index contributed by atoms with van der Waals surface area (Å²) in [6.45, 7) is 4.11. The minimum atomic E-state index is -0.366. The van der Waals surface area contributed by atoms with Gasteiger partial charge < -0.3 is 10.6 Å². The number of hydrogen-bond donors (Lipinski definition) is 2. The summed E-state index contributed by atoms with van der Waals surface area (Å²) < 4.78 is 1.79. The summed E-state index contributed by atoms with van der Waals surface area (Å²) in [6.07, 6.45) is 1.90. The van der Waals surface area contributed by atoms with Crippen LogP contribution < -0.4 is 10.6 Å². The third-order valence-electron chi connectivity index (χ3n) is 2.84. The molecule has 0 fully saturated rings. The Hall–Kier alpha value is -0.550. The van der Waals surface area contributed by atoms with E-state index in [1.165, 1.54) is 0 Å². The van der Waals surface area contributed by atoms with Crippen LogP contribution in [0.2, 0.25) is 0 Å². The number of anilines is 1. The molecule has 1 aliphatic heterocycles. The highest BCUT2D eigenvalue weighted by atomic mass is 79.9. The van der Waals surface area contributed by atoms with Gasteiger partial charge in [0.25, 0.3) is 5.91 Å². The molecule has 0 aromatic heterocycles. The third kappa shape index (κ3) is 2.50. The number of hydrogen-bond acceptors (Lipinski definition) is 2. The summed E-state index contributed by atoms with van der Waals surface area (Å²) in [5.41, 5.74) is 1.17. The summed E-state index contributed by atoms with van der Waals surface area (Å²) in [5, 5.41) is 6.41. The van der Waals surface area contributed by atoms with Crippen LogP contribution in [-0.2, 0) is 0 Å². The van der Waals surface area contributed by atoms with Crippen LogP contribution in [0.3, 0.4) is 0 Å². The van der Waals surface area contributed by atoms with Gasteiger partial charge in [0, 0.05) is 8.95 Å². The molecule has 2 N–H and O–H groups in total. The van der Waals surface area contributed by atoms with Gasteiger partial charge in [-0.1, -0.05) is 29.3 Å². The molecule has 3 nitrogen and oxygen atoms in total. The van der Waals surface area contributed by atoms with Crippen LogP contribution in [0.4, 0.5) is 5.69 Å². The Labute approximate surface area is 118 Å². The minimum absolute atomic E-state index is 0.0308. The zero-order chi connectivity index (χ0) is 12.6. The molecule has 1 aromatic carbocycles. The molecule has 0 aliphatic carbocycles. The molecule has 1 unspecified atom stereocenters. The average Bonchev–Trinajstić information content (AvgIpc) is 2.20. The van der Waals surface area contributed by atoms with Crippen LogP contribution in [0.25, 0.3) is 0 Å². The van der Waals surface area contributed by atoms with Crippen LogP contribution >= 0.6 is 31.9 Å². The van der Waals surface area contributed by atoms with Gasteiger partial charge in [-0.3, -0.25) is 4.79 Å². The Morgan fingerprint density at radius 3 is 2.65 bits per heavy atom. The Balaban J connectivity index is 2.46. The third-order valence-corrected chi connectivity index (χ3v) is 3.92. The van der Waals surface area contributed by atoms with Crippen molar-refractivity contribution in [2.45, 2.75) is 32.4 Å². The molecular weight excluding hydrogens is 348 g/mol. The number of carbonyl (C=O) groups excluding carboxylic acids is 1. The number of fused-ring (bicyclic) bond motifs is 1. The topological polar surface area (TPSA) is 41.1 Å². The zero-order valence-electron chi connectivity index (χ0n) is 9.73. The highest BCUT2D eigenvalue weighted by Crippen LogP contribution is 2.35. The lowest BCUT2D eigenvalue weighted by Crippen LogP contribution is -2.55. The van der Waals surface area contributed by atoms with E-state index in [0.29, 0.717) is 5.56 Å². The van der Waals surface area contributed by atoms with Gasteiger partial charge in [-0.25, -0.2) is 0 Å². The Bertz CT molecular complexity index is 476. The first kappa shape index (κ1) is 12.9. The van der Waals surface area contributed by atoms with Crippen LogP contribution in [0.1, 0.15) is 37.0 Å². The first-order valence-corrected chi connectivity index (χ1v) is 7.13. The number of carbonyl (C=O) groups is 1. The van der Waals surface area contributed by atoms with E-state index >= 15 is 0 Å². The van der Waals surface area contributed by atoms with E-state index in [4.69, 9.17) is 0 Å². The maximum atomic E-state index is 12.1. The van der Waals surface area contributed by atoms with Gasteiger partial charge in [-0.15, -0.1) is 0 Å². The van der Waals surface area contributed by atoms with Crippen LogP contribution in [0.15, 0.2) is 21.1 Å². The summed E-state index contributed by atoms with van der Waals surface area (Å²) in [5.74, 6) is -0.0308. The van der Waals surface area contributed by atoms with Crippen molar-refractivity contribution in [3.8, 4) is 0 Å². The van der Waals surface area contributed by atoms with Gasteiger partial charge in [-0.05, 0) is 41.4 Å². The van der Waals surface area contributed by atoms with Crippen LogP contribution in [0, 0.1) is 0 Å². The summed E-state index contributed by atoms with van der Waals surface area (Å²) in [7, 11) is 0. The maximum Gasteiger partial charge on any atom is 0.255 e. The summed E-state index contributed by atoms with van der Waals surface area (Å²) in [4.78, 5) is 12.1. The first-order chi connectivity index (χ1) is 7.95. The monoisotopic (exact) mass is 360 g/mol. The predicted molar refractivity (Wildman–Crippen MR) is 76.2 cm³/mol. The van der Waals surface area contributed by atoms with Gasteiger partial charge in [0.2, 0.25) is 0 Å². The van der Waals surface area contributed by atoms with Crippen molar-refractivity contribution in [3.63, 3.8) is 0 Å². The number of benzene rings is 1. The Morgan fingerprint density at radius 2 is 2.00 bits per heavy atom. The molecule has 5 heteroatoms. The van der Waals surface area contributed by atoms with Crippen LogP contribution in [-0.4, -0.2) is 11.6 Å². The highest BCUT2D eigenvalue weighted by molar-refractivity contribution is 9.11. The zero-order valence-corrected chi connectivity index (χ0v) is 12.9. The number of rotatable bonds is 2. The molecule has 1 amide bonds. The van der Waals surface area contributed by atoms with Gasteiger partial charge >= 0.3 is 0 Å². The van der Waals surface area contributed by atoms with Crippen molar-refractivity contribution in [1.29, 1.82) is 0 Å². The smallest absolute Gasteiger partial charge is 0.255 e. The number of amides is 1. The predicted octanol–water partition coefficient (Wildman–Crippen LogP) is 3.88. The van der Waals surface area contributed by atoms with Gasteiger partial charge in [-0.2, -0.15) is 0 Å². The van der Waals surface area contributed by atoms with E-state index in [1.54, 1.807) is 0 Å². The standard InChI is InChI=1S/C12H14Br2N2O/c1-3-4-12(2)15-10-8(11(17)16-12)5-7(13)6-9(10)14/h5-6,15H,3-4H2,1-2H3,(H,16,17). The molecule has 1 aliphatic rings. The van der Waals surface area contributed by atoms with Gasteiger partial charge in [0.05, 0.1) is 11.3 Å². The van der Waals surface area contributed by atoms with E-state index in [1.807, 2.05) is 19.1 Å². The lowest BCUT2D eigenvalue weighted by atomic mass is 10.00. The van der Waals surface area contributed by atoms with Crippen molar-refractivity contribution in [2.75, 3.05) is 5.32 Å². The lowest BCUT2D eigenvalue weighted by Gasteiger charge is -2.38. The molecular formula is C12H14Br2N2O. The molecule has 2 rings (SSSR count). The fraction of sp³-hybridized carbons (Fsp3) is 0.417. The largest absolute Gasteiger partial charge is 0.361 e. The van der Waals surface area contributed by atoms with Crippen LogP contribution in [0.5, 0.6) is 0 Å². The molecule has 1 heterocycles. The van der Waals surface area contributed by atoms with Crippen molar-refractivity contribution in [1.82, 2.24) is 5.32 Å². The Morgan fingerprint density at radius 1 is 1.29 bits per heavy atom. The summed E-state index contributed by atoms with van der Waals surface area (Å²) in [6, 6.07) is 3.77. The van der Waals surface area contributed by atoms with Crippen molar-refractivity contribution in [3.05, 3.63) is 26.6 Å².